The van der Waals surface area contributed by atoms with E-state index in [2.05, 4.69) is 47.7 Å². The SMILES string of the molecule is CCN(Cc1ccc(Br)cc1N)C(C)C. The summed E-state index contributed by atoms with van der Waals surface area (Å²) in [4.78, 5) is 2.39. The first-order valence-electron chi connectivity index (χ1n) is 5.32. The number of hydrogen-bond acceptors (Lipinski definition) is 2. The Bertz CT molecular complexity index is 323. The highest BCUT2D eigenvalue weighted by atomic mass is 79.9. The second-order valence-electron chi connectivity index (χ2n) is 4.00. The standard InChI is InChI=1S/C12H19BrN2/c1-4-15(9(2)3)8-10-5-6-11(13)7-12(10)14/h5-7,9H,4,8,14H2,1-3H3. The molecule has 0 aliphatic heterocycles. The zero-order chi connectivity index (χ0) is 11.4. The third-order valence-corrected chi connectivity index (χ3v) is 3.11. The van der Waals surface area contributed by atoms with Gasteiger partial charge in [-0.1, -0.05) is 28.9 Å². The van der Waals surface area contributed by atoms with Gasteiger partial charge in [0.2, 0.25) is 0 Å². The molecule has 0 spiro atoms. The average Bonchev–Trinajstić information content (AvgIpc) is 2.16. The predicted molar refractivity (Wildman–Crippen MR) is 69.8 cm³/mol. The summed E-state index contributed by atoms with van der Waals surface area (Å²) in [6, 6.07) is 6.64. The van der Waals surface area contributed by atoms with Crippen LogP contribution in [0.3, 0.4) is 0 Å². The maximum atomic E-state index is 5.97. The third-order valence-electron chi connectivity index (χ3n) is 2.62. The van der Waals surface area contributed by atoms with Crippen LogP contribution in [0.25, 0.3) is 0 Å². The normalized spacial score (nSPS) is 11.3. The van der Waals surface area contributed by atoms with Crippen molar-refractivity contribution in [3.63, 3.8) is 0 Å². The van der Waals surface area contributed by atoms with Crippen molar-refractivity contribution in [3.05, 3.63) is 28.2 Å². The third kappa shape index (κ3) is 3.50. The highest BCUT2D eigenvalue weighted by Crippen LogP contribution is 2.20. The summed E-state index contributed by atoms with van der Waals surface area (Å²) in [5.74, 6) is 0. The summed E-state index contributed by atoms with van der Waals surface area (Å²) < 4.78 is 1.04. The minimum Gasteiger partial charge on any atom is -0.398 e. The van der Waals surface area contributed by atoms with E-state index in [-0.39, 0.29) is 0 Å². The first-order valence-corrected chi connectivity index (χ1v) is 6.11. The second kappa shape index (κ2) is 5.52. The lowest BCUT2D eigenvalue weighted by Gasteiger charge is -2.25. The Kier molecular flexibility index (Phi) is 4.61. The van der Waals surface area contributed by atoms with Crippen molar-refractivity contribution in [3.8, 4) is 0 Å². The van der Waals surface area contributed by atoms with Crippen LogP contribution in [-0.4, -0.2) is 17.5 Å². The molecule has 2 nitrogen and oxygen atoms in total. The first-order chi connectivity index (χ1) is 7.04. The van der Waals surface area contributed by atoms with E-state index in [0.717, 1.165) is 23.2 Å². The largest absolute Gasteiger partial charge is 0.398 e. The van der Waals surface area contributed by atoms with Crippen LogP contribution in [0, 0.1) is 0 Å². The summed E-state index contributed by atoms with van der Waals surface area (Å²) in [7, 11) is 0. The van der Waals surface area contributed by atoms with E-state index < -0.39 is 0 Å². The van der Waals surface area contributed by atoms with Gasteiger partial charge in [0.05, 0.1) is 0 Å². The molecule has 0 bridgehead atoms. The van der Waals surface area contributed by atoms with Crippen LogP contribution in [0.5, 0.6) is 0 Å². The lowest BCUT2D eigenvalue weighted by molar-refractivity contribution is 0.225. The van der Waals surface area contributed by atoms with Crippen molar-refractivity contribution in [1.82, 2.24) is 4.90 Å². The molecule has 0 saturated carbocycles. The van der Waals surface area contributed by atoms with Crippen molar-refractivity contribution < 1.29 is 0 Å². The van der Waals surface area contributed by atoms with Crippen LogP contribution in [-0.2, 0) is 6.54 Å². The second-order valence-corrected chi connectivity index (χ2v) is 4.92. The molecule has 84 valence electrons. The van der Waals surface area contributed by atoms with Crippen LogP contribution in [0.1, 0.15) is 26.3 Å². The number of nitrogen functional groups attached to an aromatic ring is 1. The molecule has 1 rings (SSSR count). The molecular formula is C12H19BrN2. The fourth-order valence-corrected chi connectivity index (χ4v) is 1.97. The minimum absolute atomic E-state index is 0.554. The number of benzene rings is 1. The van der Waals surface area contributed by atoms with E-state index in [1.54, 1.807) is 0 Å². The van der Waals surface area contributed by atoms with Gasteiger partial charge in [-0.05, 0) is 38.1 Å². The Morgan fingerprint density at radius 2 is 2.07 bits per heavy atom. The Balaban J connectivity index is 2.79. The smallest absolute Gasteiger partial charge is 0.0371 e. The molecule has 0 amide bonds. The molecule has 0 saturated heterocycles. The Hall–Kier alpha value is -0.540. The monoisotopic (exact) mass is 270 g/mol. The van der Waals surface area contributed by atoms with E-state index in [1.165, 1.54) is 5.56 Å². The van der Waals surface area contributed by atoms with Crippen LogP contribution >= 0.6 is 15.9 Å². The molecule has 0 heterocycles. The molecule has 0 radical (unpaired) electrons. The Labute approximate surface area is 101 Å². The molecule has 0 aromatic heterocycles. The number of nitrogens with zero attached hydrogens (tertiary/aromatic N) is 1. The van der Waals surface area contributed by atoms with Crippen molar-refractivity contribution in [2.45, 2.75) is 33.4 Å². The molecule has 15 heavy (non-hydrogen) atoms. The molecule has 1 aromatic carbocycles. The van der Waals surface area contributed by atoms with Crippen LogP contribution in [0.15, 0.2) is 22.7 Å². The maximum absolute atomic E-state index is 5.97. The molecule has 2 N–H and O–H groups in total. The van der Waals surface area contributed by atoms with E-state index in [1.807, 2.05) is 12.1 Å². The van der Waals surface area contributed by atoms with E-state index in [9.17, 15) is 0 Å². The Morgan fingerprint density at radius 3 is 2.53 bits per heavy atom. The summed E-state index contributed by atoms with van der Waals surface area (Å²) in [6.07, 6.45) is 0. The van der Waals surface area contributed by atoms with Gasteiger partial charge in [-0.25, -0.2) is 0 Å². The van der Waals surface area contributed by atoms with Gasteiger partial charge in [-0.3, -0.25) is 4.90 Å². The van der Waals surface area contributed by atoms with Crippen LogP contribution in [0.4, 0.5) is 5.69 Å². The predicted octanol–water partition coefficient (Wildman–Crippen LogP) is 3.26. The van der Waals surface area contributed by atoms with E-state index in [0.29, 0.717) is 6.04 Å². The molecule has 1 aromatic rings. The molecule has 0 unspecified atom stereocenters. The number of anilines is 1. The summed E-state index contributed by atoms with van der Waals surface area (Å²) in [6.45, 7) is 8.56. The maximum Gasteiger partial charge on any atom is 0.0371 e. The zero-order valence-electron chi connectivity index (χ0n) is 9.63. The summed E-state index contributed by atoms with van der Waals surface area (Å²) in [5, 5.41) is 0. The lowest BCUT2D eigenvalue weighted by atomic mass is 10.1. The molecule has 0 fully saturated rings. The van der Waals surface area contributed by atoms with Gasteiger partial charge in [-0.2, -0.15) is 0 Å². The lowest BCUT2D eigenvalue weighted by Crippen LogP contribution is -2.30. The van der Waals surface area contributed by atoms with Gasteiger partial charge in [0, 0.05) is 22.7 Å². The van der Waals surface area contributed by atoms with Crippen molar-refractivity contribution in [2.75, 3.05) is 12.3 Å². The van der Waals surface area contributed by atoms with Gasteiger partial charge in [0.25, 0.3) is 0 Å². The van der Waals surface area contributed by atoms with Gasteiger partial charge in [-0.15, -0.1) is 0 Å². The number of nitrogens with two attached hydrogens (primary N) is 1. The first kappa shape index (κ1) is 12.5. The fourth-order valence-electron chi connectivity index (χ4n) is 1.59. The summed E-state index contributed by atoms with van der Waals surface area (Å²) in [5.41, 5.74) is 8.03. The Morgan fingerprint density at radius 1 is 1.40 bits per heavy atom. The highest BCUT2D eigenvalue weighted by Gasteiger charge is 2.09. The number of hydrogen-bond donors (Lipinski definition) is 1. The topological polar surface area (TPSA) is 29.3 Å². The van der Waals surface area contributed by atoms with Gasteiger partial charge in [0.15, 0.2) is 0 Å². The molecule has 0 aliphatic rings. The molecule has 0 aliphatic carbocycles. The number of halogens is 1. The van der Waals surface area contributed by atoms with Crippen LogP contribution in [0.2, 0.25) is 0 Å². The number of rotatable bonds is 4. The minimum atomic E-state index is 0.554. The van der Waals surface area contributed by atoms with Crippen LogP contribution < -0.4 is 5.73 Å². The van der Waals surface area contributed by atoms with Crippen molar-refractivity contribution in [2.24, 2.45) is 0 Å². The highest BCUT2D eigenvalue weighted by molar-refractivity contribution is 9.10. The molecule has 3 heteroatoms. The van der Waals surface area contributed by atoms with Gasteiger partial charge < -0.3 is 5.73 Å². The summed E-state index contributed by atoms with van der Waals surface area (Å²) >= 11 is 3.41. The van der Waals surface area contributed by atoms with Crippen molar-refractivity contribution in [1.29, 1.82) is 0 Å². The zero-order valence-corrected chi connectivity index (χ0v) is 11.2. The van der Waals surface area contributed by atoms with Gasteiger partial charge in [0.1, 0.15) is 0 Å². The fraction of sp³-hybridized carbons (Fsp3) is 0.500. The van der Waals surface area contributed by atoms with E-state index in [4.69, 9.17) is 5.73 Å². The quantitative estimate of drug-likeness (QED) is 0.852. The van der Waals surface area contributed by atoms with E-state index >= 15 is 0 Å². The average molecular weight is 271 g/mol. The van der Waals surface area contributed by atoms with Crippen molar-refractivity contribution >= 4 is 21.6 Å². The molecular weight excluding hydrogens is 252 g/mol. The molecule has 0 atom stereocenters. The van der Waals surface area contributed by atoms with Gasteiger partial charge >= 0.3 is 0 Å².